The summed E-state index contributed by atoms with van der Waals surface area (Å²) in [6, 6.07) is 17.8. The molecule has 2 aliphatic heterocycles. The van der Waals surface area contributed by atoms with Gasteiger partial charge in [0.15, 0.2) is 6.10 Å². The van der Waals surface area contributed by atoms with Crippen molar-refractivity contribution in [1.82, 2.24) is 14.8 Å². The van der Waals surface area contributed by atoms with Gasteiger partial charge in [-0.15, -0.1) is 0 Å². The molecular weight excluding hydrogens is 447 g/mol. The van der Waals surface area contributed by atoms with Gasteiger partial charge in [0.2, 0.25) is 5.95 Å². The van der Waals surface area contributed by atoms with E-state index in [2.05, 4.69) is 21.5 Å². The fourth-order valence-corrected chi connectivity index (χ4v) is 4.87. The van der Waals surface area contributed by atoms with E-state index in [1.165, 1.54) is 12.4 Å². The lowest BCUT2D eigenvalue weighted by Crippen LogP contribution is -2.33. The van der Waals surface area contributed by atoms with Crippen LogP contribution in [0.15, 0.2) is 72.6 Å². The number of hydrogen-bond donors (Lipinski definition) is 1. The van der Waals surface area contributed by atoms with Crippen LogP contribution >= 0.6 is 0 Å². The Hall–Kier alpha value is -4.33. The molecule has 0 saturated carbocycles. The number of aromatic nitrogens is 3. The minimum absolute atomic E-state index is 0.330. The van der Waals surface area contributed by atoms with E-state index in [-0.39, 0.29) is 5.82 Å². The molecule has 1 N–H and O–H groups in total. The molecule has 2 aliphatic rings. The van der Waals surface area contributed by atoms with Crippen LogP contribution < -0.4 is 19.5 Å². The number of halogens is 1. The Morgan fingerprint density at radius 3 is 2.66 bits per heavy atom. The minimum Gasteiger partial charge on any atom is -0.497 e. The number of benzene rings is 3. The second-order valence-electron chi connectivity index (χ2n) is 8.51. The molecule has 0 bridgehead atoms. The second-order valence-corrected chi connectivity index (χ2v) is 8.51. The van der Waals surface area contributed by atoms with Crippen molar-refractivity contribution in [3.05, 3.63) is 101 Å². The number of nitrogens with zero attached hydrogens (tertiary/aromatic N) is 3. The van der Waals surface area contributed by atoms with E-state index in [9.17, 15) is 0 Å². The number of nitrogens with one attached hydrogen (secondary N) is 1. The summed E-state index contributed by atoms with van der Waals surface area (Å²) in [6.07, 6.45) is 0.880. The van der Waals surface area contributed by atoms with Gasteiger partial charge in [-0.1, -0.05) is 29.8 Å². The van der Waals surface area contributed by atoms with Crippen molar-refractivity contribution in [2.24, 2.45) is 0 Å². The maximum Gasteiger partial charge on any atom is 0.226 e. The SMILES string of the molecule is COc1ccc([C@@H]2Oc3ccc(C)cc3C3=C2[C@@H](c2ccccc2F)n2ncnc2N3)c(OC)c1. The van der Waals surface area contributed by atoms with Crippen LogP contribution in [-0.4, -0.2) is 29.0 Å². The molecule has 0 fully saturated rings. The topological polar surface area (TPSA) is 70.4 Å². The van der Waals surface area contributed by atoms with Crippen LogP contribution in [0.5, 0.6) is 17.2 Å². The summed E-state index contributed by atoms with van der Waals surface area (Å²) in [5.41, 5.74) is 4.88. The van der Waals surface area contributed by atoms with Crippen LogP contribution in [0.1, 0.15) is 34.4 Å². The number of fused-ring (bicyclic) bond motifs is 3. The summed E-state index contributed by atoms with van der Waals surface area (Å²) in [6.45, 7) is 2.03. The Kier molecular flexibility index (Phi) is 4.95. The fourth-order valence-electron chi connectivity index (χ4n) is 4.87. The van der Waals surface area contributed by atoms with Crippen molar-refractivity contribution in [1.29, 1.82) is 0 Å². The van der Waals surface area contributed by atoms with E-state index < -0.39 is 12.1 Å². The van der Waals surface area contributed by atoms with E-state index in [0.29, 0.717) is 28.8 Å². The van der Waals surface area contributed by atoms with Crippen molar-refractivity contribution >= 4 is 11.6 Å². The first kappa shape index (κ1) is 21.2. The van der Waals surface area contributed by atoms with Gasteiger partial charge in [0, 0.05) is 28.3 Å². The normalized spacial score (nSPS) is 18.1. The van der Waals surface area contributed by atoms with Gasteiger partial charge in [0.25, 0.3) is 0 Å². The standard InChI is InChI=1S/C27H23FN4O3/c1-15-8-11-21-19(12-15)24-23(26(35-21)18-10-9-16(33-2)13-22(18)34-3)25(17-6-4-5-7-20(17)28)32-27(31-24)29-14-30-32/h4-14,25-26H,1-3H3,(H,29,30,31)/t25-,26+/m1/s1. The predicted molar refractivity (Wildman–Crippen MR) is 129 cm³/mol. The molecule has 0 amide bonds. The Morgan fingerprint density at radius 2 is 1.86 bits per heavy atom. The molecule has 4 aromatic rings. The summed E-state index contributed by atoms with van der Waals surface area (Å²) in [5, 5.41) is 7.90. The van der Waals surface area contributed by atoms with Crippen molar-refractivity contribution in [3.8, 4) is 17.2 Å². The van der Waals surface area contributed by atoms with E-state index >= 15 is 4.39 Å². The van der Waals surface area contributed by atoms with Gasteiger partial charge in [0.05, 0.1) is 19.9 Å². The highest BCUT2D eigenvalue weighted by molar-refractivity contribution is 5.85. The summed E-state index contributed by atoms with van der Waals surface area (Å²) in [5.74, 6) is 2.19. The van der Waals surface area contributed by atoms with Gasteiger partial charge in [-0.05, 0) is 37.3 Å². The van der Waals surface area contributed by atoms with Gasteiger partial charge in [0.1, 0.15) is 35.4 Å². The first-order chi connectivity index (χ1) is 17.1. The minimum atomic E-state index is -0.588. The summed E-state index contributed by atoms with van der Waals surface area (Å²) < 4.78 is 34.8. The number of rotatable bonds is 4. The van der Waals surface area contributed by atoms with E-state index in [1.807, 2.05) is 43.3 Å². The van der Waals surface area contributed by atoms with Crippen LogP contribution in [0.25, 0.3) is 5.70 Å². The molecule has 35 heavy (non-hydrogen) atoms. The zero-order valence-corrected chi connectivity index (χ0v) is 19.4. The van der Waals surface area contributed by atoms with Crippen molar-refractivity contribution in [2.45, 2.75) is 19.1 Å². The molecule has 0 aliphatic carbocycles. The summed E-state index contributed by atoms with van der Waals surface area (Å²) in [7, 11) is 3.22. The average Bonchev–Trinajstić information content (AvgIpc) is 3.36. The van der Waals surface area contributed by atoms with Crippen molar-refractivity contribution in [2.75, 3.05) is 19.5 Å². The molecule has 6 rings (SSSR count). The van der Waals surface area contributed by atoms with Crippen LogP contribution in [-0.2, 0) is 0 Å². The first-order valence-corrected chi connectivity index (χ1v) is 11.2. The Bertz CT molecular complexity index is 1480. The summed E-state index contributed by atoms with van der Waals surface area (Å²) >= 11 is 0. The monoisotopic (exact) mass is 470 g/mol. The fraction of sp³-hybridized carbons (Fsp3) is 0.185. The lowest BCUT2D eigenvalue weighted by molar-refractivity contribution is 0.217. The highest BCUT2D eigenvalue weighted by Gasteiger charge is 2.42. The summed E-state index contributed by atoms with van der Waals surface area (Å²) in [4.78, 5) is 4.40. The molecule has 176 valence electrons. The number of hydrogen-bond acceptors (Lipinski definition) is 6. The smallest absolute Gasteiger partial charge is 0.226 e. The van der Waals surface area contributed by atoms with Crippen molar-refractivity contribution in [3.63, 3.8) is 0 Å². The highest BCUT2D eigenvalue weighted by Crippen LogP contribution is 2.52. The zero-order chi connectivity index (χ0) is 24.1. The Balaban J connectivity index is 1.65. The van der Waals surface area contributed by atoms with Crippen LogP contribution in [0.2, 0.25) is 0 Å². The zero-order valence-electron chi connectivity index (χ0n) is 19.4. The van der Waals surface area contributed by atoms with Crippen LogP contribution in [0.4, 0.5) is 10.3 Å². The maximum absolute atomic E-state index is 15.3. The van der Waals surface area contributed by atoms with E-state index in [4.69, 9.17) is 14.2 Å². The van der Waals surface area contributed by atoms with E-state index in [1.54, 1.807) is 31.0 Å². The van der Waals surface area contributed by atoms with Crippen molar-refractivity contribution < 1.29 is 18.6 Å². The molecular formula is C27H23FN4O3. The molecule has 2 atom stereocenters. The van der Waals surface area contributed by atoms with Gasteiger partial charge < -0.3 is 19.5 Å². The van der Waals surface area contributed by atoms with Crippen LogP contribution in [0.3, 0.4) is 0 Å². The molecule has 0 saturated heterocycles. The molecule has 3 heterocycles. The van der Waals surface area contributed by atoms with E-state index in [0.717, 1.165) is 28.0 Å². The quantitative estimate of drug-likeness (QED) is 0.436. The highest BCUT2D eigenvalue weighted by atomic mass is 19.1. The number of ether oxygens (including phenoxy) is 3. The molecule has 1 aromatic heterocycles. The van der Waals surface area contributed by atoms with Gasteiger partial charge >= 0.3 is 0 Å². The Morgan fingerprint density at radius 1 is 1.00 bits per heavy atom. The first-order valence-electron chi connectivity index (χ1n) is 11.2. The lowest BCUT2D eigenvalue weighted by atomic mass is 9.84. The molecule has 0 spiro atoms. The third-order valence-corrected chi connectivity index (χ3v) is 6.49. The predicted octanol–water partition coefficient (Wildman–Crippen LogP) is 5.30. The van der Waals surface area contributed by atoms with Gasteiger partial charge in [-0.2, -0.15) is 10.1 Å². The number of aryl methyl sites for hydroxylation is 1. The van der Waals surface area contributed by atoms with Gasteiger partial charge in [-0.25, -0.2) is 9.07 Å². The lowest BCUT2D eigenvalue weighted by Gasteiger charge is -2.39. The second kappa shape index (κ2) is 8.16. The molecule has 3 aromatic carbocycles. The third kappa shape index (κ3) is 3.32. The molecule has 7 nitrogen and oxygen atoms in total. The molecule has 8 heteroatoms. The molecule has 0 unspecified atom stereocenters. The van der Waals surface area contributed by atoms with Crippen LogP contribution in [0, 0.1) is 12.7 Å². The average molecular weight is 471 g/mol. The Labute approximate surface area is 201 Å². The van der Waals surface area contributed by atoms with Gasteiger partial charge in [-0.3, -0.25) is 0 Å². The largest absolute Gasteiger partial charge is 0.497 e. The maximum atomic E-state index is 15.3. The third-order valence-electron chi connectivity index (χ3n) is 6.49. The number of anilines is 1. The molecule has 0 radical (unpaired) electrons. The number of methoxy groups -OCH3 is 2.